The van der Waals surface area contributed by atoms with Gasteiger partial charge in [0.05, 0.1) is 12.2 Å². The van der Waals surface area contributed by atoms with Crippen LogP contribution >= 0.6 is 0 Å². The van der Waals surface area contributed by atoms with Crippen LogP contribution in [0.1, 0.15) is 27.9 Å². The van der Waals surface area contributed by atoms with Gasteiger partial charge >= 0.3 is 0 Å². The Hall–Kier alpha value is -2.28. The van der Waals surface area contributed by atoms with Gasteiger partial charge in [0.25, 0.3) is 5.91 Å². The Kier molecular flexibility index (Phi) is 3.33. The highest BCUT2D eigenvalue weighted by Gasteiger charge is 2.19. The fraction of sp³-hybridized carbons (Fsp3) is 0.286. The summed E-state index contributed by atoms with van der Waals surface area (Å²) in [5.74, 6) is 0.0595. The molecule has 18 heavy (non-hydrogen) atoms. The van der Waals surface area contributed by atoms with Crippen LogP contribution in [0.3, 0.4) is 0 Å². The molecular formula is C14H14N2O2. The van der Waals surface area contributed by atoms with Crippen molar-refractivity contribution in [2.45, 2.75) is 20.3 Å². The maximum atomic E-state index is 12.1. The fourth-order valence-corrected chi connectivity index (χ4v) is 1.82. The van der Waals surface area contributed by atoms with E-state index in [0.29, 0.717) is 30.0 Å². The number of nitrogens with one attached hydrogen (secondary N) is 1. The van der Waals surface area contributed by atoms with Gasteiger partial charge in [-0.3, -0.25) is 10.1 Å². The highest BCUT2D eigenvalue weighted by molar-refractivity contribution is 5.96. The van der Waals surface area contributed by atoms with Crippen LogP contribution in [0.4, 0.5) is 0 Å². The summed E-state index contributed by atoms with van der Waals surface area (Å²) in [6, 6.07) is 7.72. The van der Waals surface area contributed by atoms with E-state index in [4.69, 9.17) is 10.00 Å². The van der Waals surface area contributed by atoms with Crippen LogP contribution in [0.2, 0.25) is 0 Å². The van der Waals surface area contributed by atoms with Crippen LogP contribution < -0.4 is 5.32 Å². The predicted molar refractivity (Wildman–Crippen MR) is 66.6 cm³/mol. The zero-order valence-corrected chi connectivity index (χ0v) is 10.4. The molecule has 92 valence electrons. The third-order valence-electron chi connectivity index (χ3n) is 2.87. The van der Waals surface area contributed by atoms with E-state index in [2.05, 4.69) is 5.32 Å². The quantitative estimate of drug-likeness (QED) is 0.864. The average Bonchev–Trinajstić information content (AvgIpc) is 2.79. The first-order chi connectivity index (χ1) is 8.61. The van der Waals surface area contributed by atoms with Gasteiger partial charge in [0.2, 0.25) is 5.88 Å². The first-order valence-corrected chi connectivity index (χ1v) is 5.76. The molecule has 0 radical (unpaired) electrons. The van der Waals surface area contributed by atoms with E-state index >= 15 is 0 Å². The Balaban J connectivity index is 2.23. The molecule has 0 unspecified atom stereocenters. The Morgan fingerprint density at radius 1 is 1.44 bits per heavy atom. The maximum absolute atomic E-state index is 12.1. The minimum absolute atomic E-state index is 0.235. The molecule has 1 N–H and O–H groups in total. The summed E-state index contributed by atoms with van der Waals surface area (Å²) in [6.07, 6.45) is 0.554. The average molecular weight is 242 g/mol. The molecule has 1 aliphatic rings. The van der Waals surface area contributed by atoms with E-state index in [9.17, 15) is 4.79 Å². The number of nitriles is 1. The van der Waals surface area contributed by atoms with E-state index in [1.54, 1.807) is 0 Å². The summed E-state index contributed by atoms with van der Waals surface area (Å²) in [4.78, 5) is 12.1. The second-order valence-corrected chi connectivity index (χ2v) is 4.29. The molecule has 0 spiro atoms. The van der Waals surface area contributed by atoms with Crippen LogP contribution in [0.5, 0.6) is 0 Å². The summed E-state index contributed by atoms with van der Waals surface area (Å²) < 4.78 is 5.24. The van der Waals surface area contributed by atoms with Crippen molar-refractivity contribution in [1.82, 2.24) is 5.32 Å². The molecule has 0 aliphatic carbocycles. The van der Waals surface area contributed by atoms with Crippen molar-refractivity contribution in [2.24, 2.45) is 0 Å². The summed E-state index contributed by atoms with van der Waals surface area (Å²) >= 11 is 0. The lowest BCUT2D eigenvalue weighted by Gasteiger charge is -2.09. The van der Waals surface area contributed by atoms with Crippen molar-refractivity contribution < 1.29 is 9.53 Å². The fourth-order valence-electron chi connectivity index (χ4n) is 1.82. The number of aryl methyl sites for hydroxylation is 2. The van der Waals surface area contributed by atoms with Gasteiger partial charge in [0.1, 0.15) is 6.07 Å². The second-order valence-electron chi connectivity index (χ2n) is 4.29. The zero-order valence-electron chi connectivity index (χ0n) is 10.4. The first kappa shape index (κ1) is 12.2. The Morgan fingerprint density at radius 3 is 2.94 bits per heavy atom. The molecule has 1 aliphatic heterocycles. The number of benzene rings is 1. The number of carbonyl (C=O) groups is 1. The lowest BCUT2D eigenvalue weighted by molar-refractivity contribution is 0.0929. The molecule has 0 saturated carbocycles. The molecule has 0 atom stereocenters. The molecule has 4 nitrogen and oxygen atoms in total. The standard InChI is InChI=1S/C14H14N2O2/c1-9-3-4-10(2)12(7-9)13(17)16-14-11(8-15)5-6-18-14/h3-4,7H,5-6H2,1-2H3,(H,16,17). The van der Waals surface area contributed by atoms with Crippen LogP contribution in [0, 0.1) is 25.2 Å². The Morgan fingerprint density at radius 2 is 2.22 bits per heavy atom. The van der Waals surface area contributed by atoms with E-state index in [-0.39, 0.29) is 5.91 Å². The lowest BCUT2D eigenvalue weighted by Crippen LogP contribution is -2.24. The van der Waals surface area contributed by atoms with Crippen LogP contribution in [0.15, 0.2) is 29.7 Å². The molecule has 1 heterocycles. The summed E-state index contributed by atoms with van der Waals surface area (Å²) in [7, 11) is 0. The van der Waals surface area contributed by atoms with E-state index in [1.165, 1.54) is 0 Å². The smallest absolute Gasteiger partial charge is 0.258 e. The van der Waals surface area contributed by atoms with Gasteiger partial charge in [-0.1, -0.05) is 17.7 Å². The molecular weight excluding hydrogens is 228 g/mol. The normalized spacial score (nSPS) is 14.1. The molecule has 1 amide bonds. The summed E-state index contributed by atoms with van der Waals surface area (Å²) in [6.45, 7) is 4.26. The topological polar surface area (TPSA) is 62.1 Å². The van der Waals surface area contributed by atoms with Crippen LogP contribution in [-0.2, 0) is 4.74 Å². The largest absolute Gasteiger partial charge is 0.478 e. The third-order valence-corrected chi connectivity index (χ3v) is 2.87. The summed E-state index contributed by atoms with van der Waals surface area (Å²) in [5, 5.41) is 11.5. The van der Waals surface area contributed by atoms with Gasteiger partial charge in [-0.2, -0.15) is 5.26 Å². The molecule has 0 aromatic heterocycles. The van der Waals surface area contributed by atoms with E-state index in [0.717, 1.165) is 11.1 Å². The lowest BCUT2D eigenvalue weighted by atomic mass is 10.1. The number of rotatable bonds is 2. The SMILES string of the molecule is Cc1ccc(C)c(C(=O)NC2=C(C#N)CCO2)c1. The van der Waals surface area contributed by atoms with Crippen LogP contribution in [0.25, 0.3) is 0 Å². The van der Waals surface area contributed by atoms with Gasteiger partial charge in [-0.15, -0.1) is 0 Å². The van der Waals surface area contributed by atoms with Gasteiger partial charge < -0.3 is 4.74 Å². The predicted octanol–water partition coefficient (Wildman–Crippen LogP) is 2.19. The zero-order chi connectivity index (χ0) is 13.1. The Labute approximate surface area is 106 Å². The van der Waals surface area contributed by atoms with Crippen molar-refractivity contribution >= 4 is 5.91 Å². The molecule has 0 fully saturated rings. The minimum atomic E-state index is -0.235. The van der Waals surface area contributed by atoms with Crippen molar-refractivity contribution in [3.63, 3.8) is 0 Å². The van der Waals surface area contributed by atoms with Crippen molar-refractivity contribution in [3.8, 4) is 6.07 Å². The molecule has 4 heteroatoms. The molecule has 1 aromatic carbocycles. The number of nitrogens with zero attached hydrogens (tertiary/aromatic N) is 1. The van der Waals surface area contributed by atoms with Gasteiger partial charge in [0, 0.05) is 12.0 Å². The molecule has 2 rings (SSSR count). The minimum Gasteiger partial charge on any atom is -0.478 e. The van der Waals surface area contributed by atoms with Gasteiger partial charge in [0.15, 0.2) is 0 Å². The molecule has 1 aromatic rings. The van der Waals surface area contributed by atoms with Crippen molar-refractivity contribution in [1.29, 1.82) is 5.26 Å². The first-order valence-electron chi connectivity index (χ1n) is 5.76. The molecule has 0 saturated heterocycles. The van der Waals surface area contributed by atoms with Crippen LogP contribution in [-0.4, -0.2) is 12.5 Å². The number of hydrogen-bond acceptors (Lipinski definition) is 3. The number of ether oxygens (including phenoxy) is 1. The van der Waals surface area contributed by atoms with E-state index < -0.39 is 0 Å². The highest BCUT2D eigenvalue weighted by Crippen LogP contribution is 2.17. The monoisotopic (exact) mass is 242 g/mol. The Bertz CT molecular complexity index is 568. The number of carbonyl (C=O) groups excluding carboxylic acids is 1. The molecule has 0 bridgehead atoms. The number of amides is 1. The van der Waals surface area contributed by atoms with E-state index in [1.807, 2.05) is 38.1 Å². The van der Waals surface area contributed by atoms with Gasteiger partial charge in [-0.05, 0) is 25.5 Å². The van der Waals surface area contributed by atoms with Crippen molar-refractivity contribution in [2.75, 3.05) is 6.61 Å². The number of hydrogen-bond donors (Lipinski definition) is 1. The van der Waals surface area contributed by atoms with Gasteiger partial charge in [-0.25, -0.2) is 0 Å². The second kappa shape index (κ2) is 4.92. The maximum Gasteiger partial charge on any atom is 0.258 e. The van der Waals surface area contributed by atoms with Crippen molar-refractivity contribution in [3.05, 3.63) is 46.3 Å². The highest BCUT2D eigenvalue weighted by atomic mass is 16.5. The summed E-state index contributed by atoms with van der Waals surface area (Å²) in [5.41, 5.74) is 3.02. The third kappa shape index (κ3) is 2.35.